The van der Waals surface area contributed by atoms with Gasteiger partial charge < -0.3 is 5.21 Å². The second-order valence-corrected chi connectivity index (χ2v) is 2.70. The normalized spacial score (nSPS) is 8.14. The molecule has 0 saturated heterocycles. The molecule has 0 bridgehead atoms. The Bertz CT molecular complexity index is 302. The van der Waals surface area contributed by atoms with E-state index in [0.717, 1.165) is 0 Å². The molecule has 75 valence electrons. The lowest BCUT2D eigenvalue weighted by molar-refractivity contribution is 0.0573. The van der Waals surface area contributed by atoms with Gasteiger partial charge in [0.05, 0.1) is 11.3 Å². The lowest BCUT2D eigenvalue weighted by Crippen LogP contribution is -1.91. The molecule has 0 aromatic heterocycles. The first kappa shape index (κ1) is 12.2. The molecular weight excluding hydrogens is 182 g/mol. The summed E-state index contributed by atoms with van der Waals surface area (Å²) in [5.41, 5.74) is 0.905. The SMILES string of the molecule is CC(C)=NO.[O]C(=O)c1ccccc1. The maximum atomic E-state index is 10.1. The van der Waals surface area contributed by atoms with Gasteiger partial charge in [-0.25, -0.2) is 9.90 Å². The van der Waals surface area contributed by atoms with Crippen LogP contribution in [-0.2, 0) is 5.11 Å². The number of oxime groups is 1. The largest absolute Gasteiger partial charge is 0.411 e. The summed E-state index contributed by atoms with van der Waals surface area (Å²) >= 11 is 0. The molecule has 0 saturated carbocycles. The summed E-state index contributed by atoms with van der Waals surface area (Å²) in [5.74, 6) is -1.13. The van der Waals surface area contributed by atoms with Gasteiger partial charge in [0.25, 0.3) is 0 Å². The molecule has 0 aliphatic rings. The summed E-state index contributed by atoms with van der Waals surface area (Å²) in [7, 11) is 0. The number of carbonyl (C=O) groups excluding carboxylic acids is 1. The fraction of sp³-hybridized carbons (Fsp3) is 0.200. The highest BCUT2D eigenvalue weighted by Crippen LogP contribution is 1.96. The molecule has 0 amide bonds. The Balaban J connectivity index is 0.000000292. The van der Waals surface area contributed by atoms with Crippen molar-refractivity contribution in [2.24, 2.45) is 5.16 Å². The van der Waals surface area contributed by atoms with E-state index in [1.54, 1.807) is 32.0 Å². The first-order valence-electron chi connectivity index (χ1n) is 3.99. The van der Waals surface area contributed by atoms with Crippen molar-refractivity contribution in [3.05, 3.63) is 35.9 Å². The highest BCUT2D eigenvalue weighted by molar-refractivity contribution is 5.86. The topological polar surface area (TPSA) is 69.6 Å². The van der Waals surface area contributed by atoms with Crippen LogP contribution in [0.2, 0.25) is 0 Å². The molecule has 0 spiro atoms. The van der Waals surface area contributed by atoms with Crippen LogP contribution in [0.25, 0.3) is 0 Å². The standard InChI is InChI=1S/C7H5O2.C3H7NO/c8-7(9)6-4-2-1-3-5-6;1-3(2)4-5/h1-5H;5H,1-2H3. The predicted molar refractivity (Wildman–Crippen MR) is 52.0 cm³/mol. The number of benzene rings is 1. The van der Waals surface area contributed by atoms with Crippen LogP contribution in [0.5, 0.6) is 0 Å². The molecule has 4 nitrogen and oxygen atoms in total. The lowest BCUT2D eigenvalue weighted by Gasteiger charge is -1.85. The molecule has 0 aliphatic carbocycles. The van der Waals surface area contributed by atoms with Gasteiger partial charge in [-0.05, 0) is 26.0 Å². The minimum Gasteiger partial charge on any atom is -0.411 e. The fourth-order valence-corrected chi connectivity index (χ4v) is 0.574. The van der Waals surface area contributed by atoms with Gasteiger partial charge in [-0.1, -0.05) is 23.4 Å². The summed E-state index contributed by atoms with van der Waals surface area (Å²) in [6, 6.07) is 8.06. The van der Waals surface area contributed by atoms with E-state index in [1.807, 2.05) is 0 Å². The number of rotatable bonds is 1. The smallest absolute Gasteiger partial charge is 0.386 e. The van der Waals surface area contributed by atoms with Crippen LogP contribution in [0, 0.1) is 0 Å². The fourth-order valence-electron chi connectivity index (χ4n) is 0.574. The number of hydrogen-bond acceptors (Lipinski definition) is 3. The van der Waals surface area contributed by atoms with Crippen molar-refractivity contribution in [1.29, 1.82) is 0 Å². The van der Waals surface area contributed by atoms with E-state index < -0.39 is 5.97 Å². The Morgan fingerprint density at radius 1 is 1.21 bits per heavy atom. The third kappa shape index (κ3) is 5.77. The van der Waals surface area contributed by atoms with Crippen molar-refractivity contribution in [3.8, 4) is 0 Å². The molecule has 4 heteroatoms. The molecular formula is C10H12NO3. The van der Waals surface area contributed by atoms with E-state index in [2.05, 4.69) is 5.16 Å². The quantitative estimate of drug-likeness (QED) is 0.422. The second-order valence-electron chi connectivity index (χ2n) is 2.70. The summed E-state index contributed by atoms with van der Waals surface area (Å²) < 4.78 is 0. The van der Waals surface area contributed by atoms with Crippen molar-refractivity contribution < 1.29 is 15.1 Å². The highest BCUT2D eigenvalue weighted by Gasteiger charge is 1.99. The zero-order chi connectivity index (χ0) is 11.0. The van der Waals surface area contributed by atoms with Crippen LogP contribution in [0.1, 0.15) is 24.2 Å². The molecule has 1 aromatic rings. The van der Waals surface area contributed by atoms with E-state index in [1.165, 1.54) is 12.1 Å². The van der Waals surface area contributed by atoms with E-state index in [9.17, 15) is 9.90 Å². The van der Waals surface area contributed by atoms with Gasteiger partial charge >= 0.3 is 5.97 Å². The number of carbonyl (C=O) groups is 1. The van der Waals surface area contributed by atoms with E-state index in [-0.39, 0.29) is 5.56 Å². The van der Waals surface area contributed by atoms with Gasteiger partial charge in [-0.2, -0.15) is 0 Å². The summed E-state index contributed by atoms with van der Waals surface area (Å²) in [5, 5.41) is 20.6. The third-order valence-corrected chi connectivity index (χ3v) is 1.21. The van der Waals surface area contributed by atoms with Crippen LogP contribution < -0.4 is 0 Å². The Hall–Kier alpha value is -1.84. The van der Waals surface area contributed by atoms with E-state index in [4.69, 9.17) is 5.21 Å². The maximum absolute atomic E-state index is 10.1. The Morgan fingerprint density at radius 2 is 1.64 bits per heavy atom. The maximum Gasteiger partial charge on any atom is 0.386 e. The third-order valence-electron chi connectivity index (χ3n) is 1.21. The second kappa shape index (κ2) is 6.65. The lowest BCUT2D eigenvalue weighted by atomic mass is 10.2. The molecule has 0 heterocycles. The summed E-state index contributed by atoms with van der Waals surface area (Å²) in [6.07, 6.45) is 0. The van der Waals surface area contributed by atoms with Gasteiger partial charge in [0.2, 0.25) is 0 Å². The Morgan fingerprint density at radius 3 is 1.86 bits per heavy atom. The van der Waals surface area contributed by atoms with Crippen molar-refractivity contribution in [3.63, 3.8) is 0 Å². The summed E-state index contributed by atoms with van der Waals surface area (Å²) in [4.78, 5) is 10.1. The monoisotopic (exact) mass is 194 g/mol. The van der Waals surface area contributed by atoms with Crippen molar-refractivity contribution in [2.45, 2.75) is 13.8 Å². The zero-order valence-corrected chi connectivity index (χ0v) is 8.10. The van der Waals surface area contributed by atoms with Crippen molar-refractivity contribution in [1.82, 2.24) is 0 Å². The molecule has 1 N–H and O–H groups in total. The van der Waals surface area contributed by atoms with Crippen LogP contribution in [0.15, 0.2) is 35.5 Å². The Labute approximate surface area is 82.5 Å². The summed E-state index contributed by atoms with van der Waals surface area (Å²) in [6.45, 7) is 3.44. The van der Waals surface area contributed by atoms with E-state index in [0.29, 0.717) is 5.71 Å². The van der Waals surface area contributed by atoms with Crippen LogP contribution in [-0.4, -0.2) is 16.9 Å². The van der Waals surface area contributed by atoms with Gasteiger partial charge in [0, 0.05) is 0 Å². The van der Waals surface area contributed by atoms with Crippen LogP contribution >= 0.6 is 0 Å². The minimum atomic E-state index is -1.13. The first-order valence-corrected chi connectivity index (χ1v) is 3.99. The molecule has 1 rings (SSSR count). The molecule has 0 atom stereocenters. The van der Waals surface area contributed by atoms with Crippen molar-refractivity contribution in [2.75, 3.05) is 0 Å². The average molecular weight is 194 g/mol. The molecule has 0 aliphatic heterocycles. The Kier molecular flexibility index (Phi) is 5.78. The molecule has 0 fully saturated rings. The van der Waals surface area contributed by atoms with Crippen molar-refractivity contribution >= 4 is 11.7 Å². The van der Waals surface area contributed by atoms with Crippen LogP contribution in [0.4, 0.5) is 0 Å². The van der Waals surface area contributed by atoms with Gasteiger partial charge in [0.1, 0.15) is 0 Å². The van der Waals surface area contributed by atoms with Crippen LogP contribution in [0.3, 0.4) is 0 Å². The highest BCUT2D eigenvalue weighted by atomic mass is 16.4. The predicted octanol–water partition coefficient (Wildman–Crippen LogP) is 2.11. The number of nitrogens with zero attached hydrogens (tertiary/aromatic N) is 1. The first-order chi connectivity index (χ1) is 6.57. The molecule has 0 unspecified atom stereocenters. The minimum absolute atomic E-state index is 0.220. The van der Waals surface area contributed by atoms with Gasteiger partial charge in [-0.15, -0.1) is 0 Å². The number of hydrogen-bond donors (Lipinski definition) is 1. The zero-order valence-electron chi connectivity index (χ0n) is 8.10. The van der Waals surface area contributed by atoms with Gasteiger partial charge in [-0.3, -0.25) is 0 Å². The molecule has 1 aromatic carbocycles. The van der Waals surface area contributed by atoms with E-state index >= 15 is 0 Å². The molecule has 14 heavy (non-hydrogen) atoms. The average Bonchev–Trinajstić information content (AvgIpc) is 2.20. The van der Waals surface area contributed by atoms with Gasteiger partial charge in [0.15, 0.2) is 0 Å². The molecule has 1 radical (unpaired) electrons.